The van der Waals surface area contributed by atoms with Crippen molar-refractivity contribution in [2.45, 2.75) is 12.8 Å². The summed E-state index contributed by atoms with van der Waals surface area (Å²) in [6, 6.07) is 4.80. The lowest BCUT2D eigenvalue weighted by molar-refractivity contribution is 0.400. The van der Waals surface area contributed by atoms with Gasteiger partial charge >= 0.3 is 0 Å². The Bertz CT molecular complexity index is 624. The van der Waals surface area contributed by atoms with E-state index in [1.807, 2.05) is 6.20 Å². The molecule has 0 aliphatic heterocycles. The molecule has 0 saturated carbocycles. The summed E-state index contributed by atoms with van der Waals surface area (Å²) >= 11 is 5.24. The van der Waals surface area contributed by atoms with Crippen LogP contribution in [0, 0.1) is 5.82 Å². The number of hydrogen-bond donors (Lipinski definition) is 3. The fourth-order valence-corrected chi connectivity index (χ4v) is 2.53. The highest BCUT2D eigenvalue weighted by Crippen LogP contribution is 2.19. The molecule has 0 fully saturated rings. The maximum absolute atomic E-state index is 13.3. The summed E-state index contributed by atoms with van der Waals surface area (Å²) in [5.41, 5.74) is 2.05. The number of fused-ring (bicyclic) bond motifs is 1. The minimum Gasteiger partial charge on any atom is -0.363 e. The molecule has 0 aliphatic carbocycles. The van der Waals surface area contributed by atoms with E-state index in [1.165, 1.54) is 6.07 Å². The van der Waals surface area contributed by atoms with Crippen molar-refractivity contribution in [2.24, 2.45) is 0 Å². The molecule has 0 amide bonds. The van der Waals surface area contributed by atoms with E-state index in [0.29, 0.717) is 5.11 Å². The number of nitrogens with one attached hydrogen (secondary N) is 3. The molecule has 0 unspecified atom stereocenters. The van der Waals surface area contributed by atoms with E-state index in [4.69, 9.17) is 12.2 Å². The molecule has 0 atom stereocenters. The predicted molar refractivity (Wildman–Crippen MR) is 93.7 cm³/mol. The third kappa shape index (κ3) is 4.96. The number of aromatic nitrogens is 1. The van der Waals surface area contributed by atoms with Crippen molar-refractivity contribution in [3.8, 4) is 0 Å². The number of H-pyrrole nitrogens is 1. The minimum absolute atomic E-state index is 0.209. The van der Waals surface area contributed by atoms with Crippen molar-refractivity contribution in [1.29, 1.82) is 0 Å². The Labute approximate surface area is 136 Å². The Morgan fingerprint density at radius 1 is 1.27 bits per heavy atom. The summed E-state index contributed by atoms with van der Waals surface area (Å²) in [6.45, 7) is 2.63. The average molecular weight is 322 g/mol. The van der Waals surface area contributed by atoms with E-state index in [9.17, 15) is 4.39 Å². The van der Waals surface area contributed by atoms with Crippen LogP contribution in [0.5, 0.6) is 0 Å². The molecular formula is C16H23FN4S. The molecule has 22 heavy (non-hydrogen) atoms. The van der Waals surface area contributed by atoms with Gasteiger partial charge in [-0.05, 0) is 69.5 Å². The lowest BCUT2D eigenvalue weighted by Gasteiger charge is -2.12. The molecule has 0 saturated heterocycles. The maximum atomic E-state index is 13.3. The van der Waals surface area contributed by atoms with Crippen molar-refractivity contribution in [2.75, 3.05) is 33.7 Å². The molecule has 1 aromatic heterocycles. The minimum atomic E-state index is -0.209. The first-order chi connectivity index (χ1) is 10.6. The fraction of sp³-hybridized carbons (Fsp3) is 0.438. The van der Waals surface area contributed by atoms with E-state index in [1.54, 1.807) is 12.1 Å². The van der Waals surface area contributed by atoms with Crippen LogP contribution in [0.2, 0.25) is 0 Å². The van der Waals surface area contributed by atoms with Crippen LogP contribution in [0.3, 0.4) is 0 Å². The van der Waals surface area contributed by atoms with Gasteiger partial charge in [-0.15, -0.1) is 0 Å². The van der Waals surface area contributed by atoms with Crippen molar-refractivity contribution < 1.29 is 4.39 Å². The topological polar surface area (TPSA) is 43.1 Å². The van der Waals surface area contributed by atoms with Gasteiger partial charge in [0.2, 0.25) is 0 Å². The van der Waals surface area contributed by atoms with Crippen LogP contribution in [0.25, 0.3) is 10.9 Å². The van der Waals surface area contributed by atoms with Crippen LogP contribution in [-0.2, 0) is 6.42 Å². The Morgan fingerprint density at radius 2 is 2.05 bits per heavy atom. The highest BCUT2D eigenvalue weighted by atomic mass is 32.1. The smallest absolute Gasteiger partial charge is 0.166 e. The molecule has 4 nitrogen and oxygen atoms in total. The fourth-order valence-electron chi connectivity index (χ4n) is 2.33. The highest BCUT2D eigenvalue weighted by Gasteiger charge is 2.05. The van der Waals surface area contributed by atoms with Gasteiger partial charge in [-0.2, -0.15) is 0 Å². The second kappa shape index (κ2) is 8.10. The molecule has 0 radical (unpaired) electrons. The van der Waals surface area contributed by atoms with Gasteiger partial charge in [-0.1, -0.05) is 0 Å². The van der Waals surface area contributed by atoms with E-state index in [0.717, 1.165) is 48.9 Å². The Hall–Kier alpha value is -1.66. The first-order valence-electron chi connectivity index (χ1n) is 7.48. The Morgan fingerprint density at radius 3 is 2.82 bits per heavy atom. The van der Waals surface area contributed by atoms with Gasteiger partial charge in [0.1, 0.15) is 5.82 Å². The summed E-state index contributed by atoms with van der Waals surface area (Å²) in [5.74, 6) is -0.209. The van der Waals surface area contributed by atoms with Gasteiger partial charge in [0, 0.05) is 30.2 Å². The second-order valence-electron chi connectivity index (χ2n) is 5.59. The van der Waals surface area contributed by atoms with E-state index in [-0.39, 0.29) is 5.82 Å². The van der Waals surface area contributed by atoms with Gasteiger partial charge in [-0.25, -0.2) is 4.39 Å². The molecule has 120 valence electrons. The monoisotopic (exact) mass is 322 g/mol. The summed E-state index contributed by atoms with van der Waals surface area (Å²) in [4.78, 5) is 5.31. The number of halogens is 1. The summed E-state index contributed by atoms with van der Waals surface area (Å²) in [7, 11) is 4.11. The van der Waals surface area contributed by atoms with E-state index in [2.05, 4.69) is 34.6 Å². The quantitative estimate of drug-likeness (QED) is 0.540. The summed E-state index contributed by atoms with van der Waals surface area (Å²) in [6.07, 6.45) is 3.78. The first kappa shape index (κ1) is 16.7. The molecule has 2 rings (SSSR count). The second-order valence-corrected chi connectivity index (χ2v) is 6.00. The van der Waals surface area contributed by atoms with Gasteiger partial charge in [0.15, 0.2) is 5.11 Å². The SMILES string of the molecule is CN(C)CCCNC(=S)NCCc1c[nH]c2ccc(F)cc12. The van der Waals surface area contributed by atoms with Crippen LogP contribution in [0.1, 0.15) is 12.0 Å². The summed E-state index contributed by atoms with van der Waals surface area (Å²) < 4.78 is 13.3. The zero-order valence-corrected chi connectivity index (χ0v) is 13.9. The van der Waals surface area contributed by atoms with Crippen LogP contribution in [-0.4, -0.2) is 48.7 Å². The summed E-state index contributed by atoms with van der Waals surface area (Å²) in [5, 5.41) is 7.99. The third-order valence-corrected chi connectivity index (χ3v) is 3.77. The number of nitrogens with zero attached hydrogens (tertiary/aromatic N) is 1. The van der Waals surface area contributed by atoms with Gasteiger partial charge in [0.05, 0.1) is 0 Å². The predicted octanol–water partition coefficient (Wildman–Crippen LogP) is 2.27. The van der Waals surface area contributed by atoms with Gasteiger partial charge in [0.25, 0.3) is 0 Å². The van der Waals surface area contributed by atoms with Crippen LogP contribution in [0.15, 0.2) is 24.4 Å². The number of benzene rings is 1. The van der Waals surface area contributed by atoms with Gasteiger partial charge in [-0.3, -0.25) is 0 Å². The van der Waals surface area contributed by atoms with Gasteiger partial charge < -0.3 is 20.5 Å². The zero-order valence-electron chi connectivity index (χ0n) is 13.1. The Balaban J connectivity index is 1.73. The normalized spacial score (nSPS) is 11.1. The number of aromatic amines is 1. The first-order valence-corrected chi connectivity index (χ1v) is 7.89. The highest BCUT2D eigenvalue weighted by molar-refractivity contribution is 7.80. The number of thiocarbonyl (C=S) groups is 1. The molecule has 3 N–H and O–H groups in total. The van der Waals surface area contributed by atoms with Crippen molar-refractivity contribution in [1.82, 2.24) is 20.5 Å². The number of rotatable bonds is 7. The third-order valence-electron chi connectivity index (χ3n) is 3.48. The van der Waals surface area contributed by atoms with Crippen molar-refractivity contribution in [3.05, 3.63) is 35.8 Å². The van der Waals surface area contributed by atoms with E-state index >= 15 is 0 Å². The molecular weight excluding hydrogens is 299 g/mol. The van der Waals surface area contributed by atoms with Crippen LogP contribution < -0.4 is 10.6 Å². The maximum Gasteiger partial charge on any atom is 0.166 e. The molecule has 6 heteroatoms. The molecule has 1 aromatic carbocycles. The van der Waals surface area contributed by atoms with Crippen LogP contribution >= 0.6 is 12.2 Å². The molecule has 1 heterocycles. The standard InChI is InChI=1S/C16H23FN4S/c1-21(2)9-3-7-18-16(22)19-8-6-12-11-20-15-5-4-13(17)10-14(12)15/h4-5,10-11,20H,3,6-9H2,1-2H3,(H2,18,19,22). The lowest BCUT2D eigenvalue weighted by atomic mass is 10.1. The zero-order chi connectivity index (χ0) is 15.9. The molecule has 2 aromatic rings. The Kier molecular flexibility index (Phi) is 6.15. The average Bonchev–Trinajstić information content (AvgIpc) is 2.86. The van der Waals surface area contributed by atoms with Crippen molar-refractivity contribution in [3.63, 3.8) is 0 Å². The lowest BCUT2D eigenvalue weighted by Crippen LogP contribution is -2.37. The largest absolute Gasteiger partial charge is 0.363 e. The van der Waals surface area contributed by atoms with Crippen molar-refractivity contribution >= 4 is 28.2 Å². The number of hydrogen-bond acceptors (Lipinski definition) is 2. The molecule has 0 spiro atoms. The van der Waals surface area contributed by atoms with E-state index < -0.39 is 0 Å². The molecule has 0 aliphatic rings. The van der Waals surface area contributed by atoms with Crippen LogP contribution in [0.4, 0.5) is 4.39 Å². The molecule has 0 bridgehead atoms.